The van der Waals surface area contributed by atoms with Crippen molar-refractivity contribution in [2.24, 2.45) is 4.99 Å². The number of amides is 1. The van der Waals surface area contributed by atoms with Gasteiger partial charge in [-0.15, -0.1) is 24.0 Å². The van der Waals surface area contributed by atoms with Crippen molar-refractivity contribution in [3.63, 3.8) is 0 Å². The lowest BCUT2D eigenvalue weighted by Crippen LogP contribution is -2.48. The molecule has 2 N–H and O–H groups in total. The van der Waals surface area contributed by atoms with Crippen molar-refractivity contribution in [2.75, 3.05) is 33.3 Å². The molecular formula is C20H33IN4O2. The predicted octanol–water partition coefficient (Wildman–Crippen LogP) is 2.59. The van der Waals surface area contributed by atoms with E-state index < -0.39 is 0 Å². The van der Waals surface area contributed by atoms with E-state index >= 15 is 0 Å². The topological polar surface area (TPSA) is 66.0 Å². The van der Waals surface area contributed by atoms with Gasteiger partial charge in [-0.25, -0.2) is 0 Å². The van der Waals surface area contributed by atoms with Crippen molar-refractivity contribution in [1.29, 1.82) is 0 Å². The Hall–Kier alpha value is -1.51. The molecule has 1 aromatic carbocycles. The van der Waals surface area contributed by atoms with Crippen molar-refractivity contribution in [1.82, 2.24) is 15.5 Å². The van der Waals surface area contributed by atoms with Gasteiger partial charge in [0.15, 0.2) is 5.96 Å². The summed E-state index contributed by atoms with van der Waals surface area (Å²) < 4.78 is 5.55. The number of ether oxygens (including phenoxy) is 1. The first-order valence-corrected chi connectivity index (χ1v) is 9.33. The summed E-state index contributed by atoms with van der Waals surface area (Å²) in [6.07, 6.45) is 1.85. The second-order valence-electron chi connectivity index (χ2n) is 7.68. The lowest BCUT2D eigenvalue weighted by molar-refractivity contribution is -0.122. The molecule has 6 nitrogen and oxygen atoms in total. The van der Waals surface area contributed by atoms with E-state index in [9.17, 15) is 4.79 Å². The molecule has 0 unspecified atom stereocenters. The summed E-state index contributed by atoms with van der Waals surface area (Å²) >= 11 is 0. The smallest absolute Gasteiger partial charge is 0.240 e. The van der Waals surface area contributed by atoms with E-state index in [4.69, 9.17) is 4.74 Å². The Bertz CT molecular complexity index is 656. The first-order valence-electron chi connectivity index (χ1n) is 9.33. The van der Waals surface area contributed by atoms with Gasteiger partial charge < -0.3 is 20.3 Å². The second-order valence-corrected chi connectivity index (χ2v) is 7.68. The second kappa shape index (κ2) is 10.7. The van der Waals surface area contributed by atoms with E-state index in [0.29, 0.717) is 6.54 Å². The van der Waals surface area contributed by atoms with Crippen LogP contribution < -0.4 is 15.4 Å². The normalized spacial score (nSPS) is 13.3. The number of halogens is 1. The van der Waals surface area contributed by atoms with Crippen LogP contribution in [0.3, 0.4) is 0 Å². The van der Waals surface area contributed by atoms with Crippen LogP contribution in [0.4, 0.5) is 0 Å². The number of hydrogen-bond acceptors (Lipinski definition) is 3. The number of nitrogens with one attached hydrogen (secondary N) is 2. The zero-order valence-corrected chi connectivity index (χ0v) is 19.4. The Kier molecular flexibility index (Phi) is 9.35. The van der Waals surface area contributed by atoms with Gasteiger partial charge in [-0.05, 0) is 51.3 Å². The molecule has 0 saturated heterocycles. The molecule has 0 aromatic heterocycles. The molecule has 1 heterocycles. The molecule has 0 saturated carbocycles. The van der Waals surface area contributed by atoms with Crippen molar-refractivity contribution >= 4 is 35.8 Å². The third-order valence-electron chi connectivity index (χ3n) is 4.01. The van der Waals surface area contributed by atoms with Crippen LogP contribution in [0.25, 0.3) is 0 Å². The highest BCUT2D eigenvalue weighted by molar-refractivity contribution is 14.0. The Labute approximate surface area is 180 Å². The highest BCUT2D eigenvalue weighted by Gasteiger charge is 2.17. The van der Waals surface area contributed by atoms with Crippen LogP contribution >= 0.6 is 24.0 Å². The van der Waals surface area contributed by atoms with Gasteiger partial charge in [0.1, 0.15) is 5.75 Å². The standard InChI is InChI=1S/C20H32N4O2.HI/c1-6-21-19(24(5)14-18(25)23-20(2,3)4)22-11-9-15-7-8-17-16(13-15)10-12-26-17;/h7-8,13H,6,9-12,14H2,1-5H3,(H,21,22)(H,23,25);1H. The van der Waals surface area contributed by atoms with E-state index in [1.165, 1.54) is 11.1 Å². The van der Waals surface area contributed by atoms with Crippen LogP contribution in [0.15, 0.2) is 23.2 Å². The molecule has 1 aliphatic heterocycles. The minimum absolute atomic E-state index is 0. The largest absolute Gasteiger partial charge is 0.493 e. The molecule has 0 bridgehead atoms. The Balaban J connectivity index is 0.00000364. The summed E-state index contributed by atoms with van der Waals surface area (Å²) in [5, 5.41) is 6.23. The molecule has 1 aliphatic rings. The minimum atomic E-state index is -0.231. The van der Waals surface area contributed by atoms with Crippen LogP contribution in [0.1, 0.15) is 38.8 Å². The molecule has 7 heteroatoms. The molecule has 27 heavy (non-hydrogen) atoms. The third-order valence-corrected chi connectivity index (χ3v) is 4.01. The quantitative estimate of drug-likeness (QED) is 0.367. The molecule has 0 fully saturated rings. The maximum absolute atomic E-state index is 12.1. The van der Waals surface area contributed by atoms with Crippen molar-refractivity contribution in [2.45, 2.75) is 46.1 Å². The molecule has 1 aromatic rings. The fourth-order valence-corrected chi connectivity index (χ4v) is 2.90. The van der Waals surface area contributed by atoms with Crippen LogP contribution in [0.2, 0.25) is 0 Å². The molecule has 2 rings (SSSR count). The number of carbonyl (C=O) groups is 1. The zero-order chi connectivity index (χ0) is 19.2. The maximum Gasteiger partial charge on any atom is 0.240 e. The Morgan fingerprint density at radius 1 is 1.33 bits per heavy atom. The van der Waals surface area contributed by atoms with Gasteiger partial charge in [-0.2, -0.15) is 0 Å². The lowest BCUT2D eigenvalue weighted by atomic mass is 10.1. The van der Waals surface area contributed by atoms with Crippen LogP contribution in [-0.2, 0) is 17.6 Å². The number of rotatable bonds is 6. The summed E-state index contributed by atoms with van der Waals surface area (Å²) in [6, 6.07) is 6.37. The molecule has 152 valence electrons. The SMILES string of the molecule is CCNC(=NCCc1ccc2c(c1)CCO2)N(C)CC(=O)NC(C)(C)C.I. The maximum atomic E-state index is 12.1. The lowest BCUT2D eigenvalue weighted by Gasteiger charge is -2.25. The van der Waals surface area contributed by atoms with Gasteiger partial charge in [-0.3, -0.25) is 9.79 Å². The van der Waals surface area contributed by atoms with Crippen molar-refractivity contribution in [3.8, 4) is 5.75 Å². The first-order chi connectivity index (χ1) is 12.3. The number of benzene rings is 1. The zero-order valence-electron chi connectivity index (χ0n) is 17.1. The number of likely N-dealkylation sites (N-methyl/N-ethyl adjacent to an activating group) is 1. The van der Waals surface area contributed by atoms with Crippen molar-refractivity contribution < 1.29 is 9.53 Å². The Morgan fingerprint density at radius 2 is 2.07 bits per heavy atom. The monoisotopic (exact) mass is 488 g/mol. The van der Waals surface area contributed by atoms with Crippen LogP contribution in [0, 0.1) is 0 Å². The summed E-state index contributed by atoms with van der Waals surface area (Å²) in [4.78, 5) is 18.7. The van der Waals surface area contributed by atoms with Gasteiger partial charge in [0, 0.05) is 32.1 Å². The third kappa shape index (κ3) is 7.94. The van der Waals surface area contributed by atoms with E-state index in [1.54, 1.807) is 0 Å². The molecule has 0 aliphatic carbocycles. The predicted molar refractivity (Wildman–Crippen MR) is 121 cm³/mol. The van der Waals surface area contributed by atoms with E-state index in [-0.39, 0.29) is 42.0 Å². The number of fused-ring (bicyclic) bond motifs is 1. The summed E-state index contributed by atoms with van der Waals surface area (Å²) in [6.45, 7) is 10.5. The highest BCUT2D eigenvalue weighted by Crippen LogP contribution is 2.25. The number of hydrogen-bond donors (Lipinski definition) is 2. The number of nitrogens with zero attached hydrogens (tertiary/aromatic N) is 2. The first kappa shape index (κ1) is 23.5. The molecule has 0 radical (unpaired) electrons. The molecule has 0 atom stereocenters. The highest BCUT2D eigenvalue weighted by atomic mass is 127. The number of guanidine groups is 1. The van der Waals surface area contributed by atoms with Gasteiger partial charge >= 0.3 is 0 Å². The molecule has 0 spiro atoms. The van der Waals surface area contributed by atoms with E-state index in [0.717, 1.165) is 37.7 Å². The summed E-state index contributed by atoms with van der Waals surface area (Å²) in [7, 11) is 1.89. The average molecular weight is 488 g/mol. The van der Waals surface area contributed by atoms with E-state index in [2.05, 4.69) is 33.8 Å². The summed E-state index contributed by atoms with van der Waals surface area (Å²) in [5.74, 6) is 1.75. The van der Waals surface area contributed by atoms with Gasteiger partial charge in [0.25, 0.3) is 0 Å². The fourth-order valence-electron chi connectivity index (χ4n) is 2.90. The van der Waals surface area contributed by atoms with Gasteiger partial charge in [0.2, 0.25) is 5.91 Å². The van der Waals surface area contributed by atoms with Crippen LogP contribution in [0.5, 0.6) is 5.75 Å². The van der Waals surface area contributed by atoms with Gasteiger partial charge in [0.05, 0.1) is 13.2 Å². The number of aliphatic imine (C=N–C) groups is 1. The molecular weight excluding hydrogens is 455 g/mol. The van der Waals surface area contributed by atoms with E-state index in [1.807, 2.05) is 39.6 Å². The van der Waals surface area contributed by atoms with Crippen LogP contribution in [-0.4, -0.2) is 55.6 Å². The summed E-state index contributed by atoms with van der Waals surface area (Å²) in [5.41, 5.74) is 2.32. The number of carbonyl (C=O) groups excluding carboxylic acids is 1. The fraction of sp³-hybridized carbons (Fsp3) is 0.600. The minimum Gasteiger partial charge on any atom is -0.493 e. The average Bonchev–Trinajstić information content (AvgIpc) is 2.99. The molecule has 1 amide bonds. The van der Waals surface area contributed by atoms with Crippen molar-refractivity contribution in [3.05, 3.63) is 29.3 Å². The van der Waals surface area contributed by atoms with Gasteiger partial charge in [-0.1, -0.05) is 12.1 Å². The Morgan fingerprint density at radius 3 is 2.74 bits per heavy atom.